The minimum atomic E-state index is -5.05. The Morgan fingerprint density at radius 2 is 2.05 bits per heavy atom. The van der Waals surface area contributed by atoms with Crippen molar-refractivity contribution >= 4 is 11.8 Å². The lowest BCUT2D eigenvalue weighted by molar-refractivity contribution is -0.143. The Labute approximate surface area is 104 Å². The van der Waals surface area contributed by atoms with Gasteiger partial charge in [-0.1, -0.05) is 0 Å². The summed E-state index contributed by atoms with van der Waals surface area (Å²) in [4.78, 5) is 13.9. The molecule has 2 N–H and O–H groups in total. The smallest absolute Gasteiger partial charge is 0.433 e. The molecule has 0 aromatic carbocycles. The Kier molecular flexibility index (Phi) is 4.28. The Balaban J connectivity index is 3.33. The van der Waals surface area contributed by atoms with E-state index in [1.165, 1.54) is 0 Å². The summed E-state index contributed by atoms with van der Waals surface area (Å²) in [5, 5.41) is 0. The highest BCUT2D eigenvalue weighted by Crippen LogP contribution is 2.36. The number of carbonyl (C=O) groups is 1. The molecule has 0 spiro atoms. The molecule has 0 radical (unpaired) electrons. The molecule has 1 aromatic rings. The standard InChI is InChI=1S/C10H9F5N2O2/c1-19-6(18)3-4-2-5(8(11)12)7(10(13,14)15)17-9(4)16/h2,8H,3H2,1H3,(H2,16,17). The molecule has 0 fully saturated rings. The maximum Gasteiger partial charge on any atom is 0.433 e. The van der Waals surface area contributed by atoms with E-state index in [0.717, 1.165) is 7.11 Å². The number of methoxy groups -OCH3 is 1. The van der Waals surface area contributed by atoms with Crippen LogP contribution < -0.4 is 5.73 Å². The molecule has 0 saturated heterocycles. The van der Waals surface area contributed by atoms with Crippen LogP contribution in [0.4, 0.5) is 27.8 Å². The molecule has 0 bridgehead atoms. The molecular weight excluding hydrogens is 275 g/mol. The second-order valence-corrected chi connectivity index (χ2v) is 3.52. The van der Waals surface area contributed by atoms with Gasteiger partial charge >= 0.3 is 12.1 Å². The molecule has 106 valence electrons. The molecule has 0 atom stereocenters. The molecule has 1 heterocycles. The van der Waals surface area contributed by atoms with Gasteiger partial charge in [0.25, 0.3) is 6.43 Å². The topological polar surface area (TPSA) is 65.2 Å². The monoisotopic (exact) mass is 284 g/mol. The molecule has 1 rings (SSSR count). The number of nitrogens with zero attached hydrogens (tertiary/aromatic N) is 1. The summed E-state index contributed by atoms with van der Waals surface area (Å²) in [6, 6.07) is 0.521. The first-order valence-electron chi connectivity index (χ1n) is 4.88. The third-order valence-electron chi connectivity index (χ3n) is 2.23. The Morgan fingerprint density at radius 3 is 2.47 bits per heavy atom. The second kappa shape index (κ2) is 5.37. The van der Waals surface area contributed by atoms with Crippen LogP contribution in [0.2, 0.25) is 0 Å². The van der Waals surface area contributed by atoms with E-state index >= 15 is 0 Å². The first-order chi connectivity index (χ1) is 8.66. The number of hydrogen-bond acceptors (Lipinski definition) is 4. The quantitative estimate of drug-likeness (QED) is 0.683. The van der Waals surface area contributed by atoms with Crippen molar-refractivity contribution in [3.8, 4) is 0 Å². The Morgan fingerprint density at radius 1 is 1.47 bits per heavy atom. The van der Waals surface area contributed by atoms with Crippen LogP contribution in [0.5, 0.6) is 0 Å². The summed E-state index contributed by atoms with van der Waals surface area (Å²) in [6.07, 6.45) is -8.97. The highest BCUT2D eigenvalue weighted by Gasteiger charge is 2.38. The lowest BCUT2D eigenvalue weighted by atomic mass is 10.1. The highest BCUT2D eigenvalue weighted by molar-refractivity contribution is 5.74. The van der Waals surface area contributed by atoms with E-state index in [4.69, 9.17) is 5.73 Å². The molecule has 19 heavy (non-hydrogen) atoms. The van der Waals surface area contributed by atoms with Gasteiger partial charge in [0.1, 0.15) is 5.82 Å². The van der Waals surface area contributed by atoms with E-state index < -0.39 is 42.1 Å². The van der Waals surface area contributed by atoms with Crippen LogP contribution in [0, 0.1) is 0 Å². The van der Waals surface area contributed by atoms with Crippen molar-refractivity contribution in [2.24, 2.45) is 0 Å². The van der Waals surface area contributed by atoms with Gasteiger partial charge in [0.2, 0.25) is 0 Å². The molecule has 1 aromatic heterocycles. The van der Waals surface area contributed by atoms with Crippen LogP contribution in [0.3, 0.4) is 0 Å². The number of aromatic nitrogens is 1. The molecular formula is C10H9F5N2O2. The largest absolute Gasteiger partial charge is 0.469 e. The van der Waals surface area contributed by atoms with Gasteiger partial charge in [0.15, 0.2) is 5.69 Å². The van der Waals surface area contributed by atoms with Gasteiger partial charge in [-0.2, -0.15) is 13.2 Å². The van der Waals surface area contributed by atoms with Crippen molar-refractivity contribution in [1.29, 1.82) is 0 Å². The lowest BCUT2D eigenvalue weighted by Gasteiger charge is -2.14. The summed E-state index contributed by atoms with van der Waals surface area (Å²) in [5.74, 6) is -1.46. The van der Waals surface area contributed by atoms with Crippen molar-refractivity contribution < 1.29 is 31.5 Å². The Bertz CT molecular complexity index is 488. The van der Waals surface area contributed by atoms with E-state index in [1.807, 2.05) is 0 Å². The number of anilines is 1. The summed E-state index contributed by atoms with van der Waals surface area (Å²) in [6.45, 7) is 0. The third-order valence-corrected chi connectivity index (χ3v) is 2.23. The minimum Gasteiger partial charge on any atom is -0.469 e. The number of esters is 1. The summed E-state index contributed by atoms with van der Waals surface area (Å²) in [5.41, 5.74) is 1.91. The van der Waals surface area contributed by atoms with Crippen LogP contribution in [-0.2, 0) is 22.1 Å². The number of carbonyl (C=O) groups excluding carboxylic acids is 1. The van der Waals surface area contributed by atoms with E-state index in [-0.39, 0.29) is 5.56 Å². The van der Waals surface area contributed by atoms with Gasteiger partial charge < -0.3 is 10.5 Å². The van der Waals surface area contributed by atoms with E-state index in [9.17, 15) is 26.7 Å². The number of pyridine rings is 1. The molecule has 9 heteroatoms. The average molecular weight is 284 g/mol. The lowest BCUT2D eigenvalue weighted by Crippen LogP contribution is -2.16. The van der Waals surface area contributed by atoms with Crippen molar-refractivity contribution in [3.63, 3.8) is 0 Å². The molecule has 0 aliphatic carbocycles. The third kappa shape index (κ3) is 3.52. The van der Waals surface area contributed by atoms with E-state index in [0.29, 0.717) is 6.07 Å². The zero-order valence-electron chi connectivity index (χ0n) is 9.59. The van der Waals surface area contributed by atoms with Crippen LogP contribution in [0.1, 0.15) is 23.2 Å². The zero-order valence-corrected chi connectivity index (χ0v) is 9.59. The predicted octanol–water partition coefficient (Wildman–Crippen LogP) is 2.34. The van der Waals surface area contributed by atoms with Crippen LogP contribution in [0.25, 0.3) is 0 Å². The van der Waals surface area contributed by atoms with Crippen molar-refractivity contribution in [2.45, 2.75) is 19.0 Å². The van der Waals surface area contributed by atoms with E-state index in [2.05, 4.69) is 9.72 Å². The highest BCUT2D eigenvalue weighted by atomic mass is 19.4. The first-order valence-corrected chi connectivity index (χ1v) is 4.88. The van der Waals surface area contributed by atoms with Crippen LogP contribution in [0.15, 0.2) is 6.07 Å². The van der Waals surface area contributed by atoms with Gasteiger partial charge in [0.05, 0.1) is 13.5 Å². The van der Waals surface area contributed by atoms with E-state index in [1.54, 1.807) is 0 Å². The average Bonchev–Trinajstić information content (AvgIpc) is 2.29. The zero-order chi connectivity index (χ0) is 14.8. The van der Waals surface area contributed by atoms with Gasteiger partial charge in [-0.15, -0.1) is 0 Å². The second-order valence-electron chi connectivity index (χ2n) is 3.52. The van der Waals surface area contributed by atoms with Crippen molar-refractivity contribution in [3.05, 3.63) is 22.9 Å². The number of ether oxygens (including phenoxy) is 1. The molecule has 0 aliphatic heterocycles. The summed E-state index contributed by atoms with van der Waals surface area (Å²) in [7, 11) is 1.05. The number of nitrogens with two attached hydrogens (primary N) is 1. The fourth-order valence-electron chi connectivity index (χ4n) is 1.35. The van der Waals surface area contributed by atoms with Crippen LogP contribution in [-0.4, -0.2) is 18.1 Å². The van der Waals surface area contributed by atoms with Gasteiger partial charge in [-0.25, -0.2) is 13.8 Å². The number of alkyl halides is 5. The first kappa shape index (κ1) is 15.1. The van der Waals surface area contributed by atoms with Crippen LogP contribution >= 0.6 is 0 Å². The van der Waals surface area contributed by atoms with Gasteiger partial charge in [-0.3, -0.25) is 4.79 Å². The van der Waals surface area contributed by atoms with Gasteiger partial charge in [-0.05, 0) is 6.07 Å². The fourth-order valence-corrected chi connectivity index (χ4v) is 1.35. The number of rotatable bonds is 3. The summed E-state index contributed by atoms with van der Waals surface area (Å²) < 4.78 is 67.0. The Hall–Kier alpha value is -1.93. The fraction of sp³-hybridized carbons (Fsp3) is 0.400. The molecule has 0 amide bonds. The maximum absolute atomic E-state index is 12.6. The number of hydrogen-bond donors (Lipinski definition) is 1. The molecule has 0 aliphatic rings. The SMILES string of the molecule is COC(=O)Cc1cc(C(F)F)c(C(F)(F)F)nc1N. The molecule has 0 saturated carbocycles. The number of nitrogen functional groups attached to an aromatic ring is 1. The predicted molar refractivity (Wildman–Crippen MR) is 54.3 cm³/mol. The molecule has 0 unspecified atom stereocenters. The molecule has 4 nitrogen and oxygen atoms in total. The van der Waals surface area contributed by atoms with Crippen molar-refractivity contribution in [1.82, 2.24) is 4.98 Å². The summed E-state index contributed by atoms with van der Waals surface area (Å²) >= 11 is 0. The number of halogens is 5. The maximum atomic E-state index is 12.6. The van der Waals surface area contributed by atoms with Gasteiger partial charge in [0, 0.05) is 11.1 Å². The minimum absolute atomic E-state index is 0.241. The van der Waals surface area contributed by atoms with Crippen molar-refractivity contribution in [2.75, 3.05) is 12.8 Å². The normalized spacial score (nSPS) is 11.7.